The third-order valence-corrected chi connectivity index (χ3v) is 4.11. The average molecular weight is 288 g/mol. The molecule has 5 nitrogen and oxygen atoms in total. The van der Waals surface area contributed by atoms with Gasteiger partial charge in [-0.1, -0.05) is 6.92 Å². The molecule has 4 atom stereocenters. The zero-order valence-electron chi connectivity index (χ0n) is 10.8. The smallest absolute Gasteiger partial charge is 0.308 e. The highest BCUT2D eigenvalue weighted by molar-refractivity contribution is 5.95. The molecule has 110 valence electrons. The summed E-state index contributed by atoms with van der Waals surface area (Å²) in [6.07, 6.45) is -3.12. The van der Waals surface area contributed by atoms with E-state index in [9.17, 15) is 18.0 Å². The van der Waals surface area contributed by atoms with Gasteiger partial charge < -0.3 is 10.6 Å². The molecular weight excluding hydrogens is 273 g/mol. The fraction of sp³-hybridized carbons (Fsp3) is 0.667. The van der Waals surface area contributed by atoms with Crippen LogP contribution in [0.5, 0.6) is 0 Å². The van der Waals surface area contributed by atoms with Crippen LogP contribution in [0.1, 0.15) is 6.92 Å². The zero-order valence-corrected chi connectivity index (χ0v) is 10.8. The number of halogens is 3. The second kappa shape index (κ2) is 4.47. The number of nitrogens with one attached hydrogen (secondary N) is 2. The van der Waals surface area contributed by atoms with Crippen LogP contribution < -0.4 is 10.6 Å². The first kappa shape index (κ1) is 13.4. The number of fused-ring (bicyclic) bond motifs is 1. The summed E-state index contributed by atoms with van der Waals surface area (Å²) in [7, 11) is 0. The van der Waals surface area contributed by atoms with E-state index in [-0.39, 0.29) is 17.8 Å². The number of amides is 1. The van der Waals surface area contributed by atoms with Gasteiger partial charge in [-0.15, -0.1) is 0 Å². The Hall–Kier alpha value is -1.57. The molecule has 1 aromatic rings. The van der Waals surface area contributed by atoms with Gasteiger partial charge in [0, 0.05) is 12.3 Å². The SMILES string of the molecule is C[C@@H]1[C@@H]2CN[C@H](C(=O)Nc3ccn(CC(F)(F)F)n3)[C@H]12. The van der Waals surface area contributed by atoms with E-state index in [1.54, 1.807) is 0 Å². The molecule has 0 radical (unpaired) electrons. The maximum Gasteiger partial charge on any atom is 0.408 e. The Kier molecular flexibility index (Phi) is 3.00. The monoisotopic (exact) mass is 288 g/mol. The third-order valence-electron chi connectivity index (χ3n) is 4.11. The summed E-state index contributed by atoms with van der Waals surface area (Å²) in [6, 6.07) is 1.11. The molecule has 1 aliphatic carbocycles. The molecule has 1 aliphatic heterocycles. The number of carbonyl (C=O) groups is 1. The standard InChI is InChI=1S/C12H15F3N4O/c1-6-7-4-16-10(9(6)7)11(20)17-8-2-3-19(18-8)5-12(13,14)15/h2-3,6-7,9-10,16H,4-5H2,1H3,(H,17,18,20)/t6-,7+,9-,10+/m1/s1. The van der Waals surface area contributed by atoms with Gasteiger partial charge in [0.2, 0.25) is 5.91 Å². The van der Waals surface area contributed by atoms with Crippen molar-refractivity contribution in [2.75, 3.05) is 11.9 Å². The Morgan fingerprint density at radius 2 is 2.35 bits per heavy atom. The molecule has 2 heterocycles. The fourth-order valence-electron chi connectivity index (χ4n) is 3.02. The van der Waals surface area contributed by atoms with Crippen molar-refractivity contribution in [3.63, 3.8) is 0 Å². The van der Waals surface area contributed by atoms with Crippen LogP contribution >= 0.6 is 0 Å². The summed E-state index contributed by atoms with van der Waals surface area (Å²) in [5, 5.41) is 9.39. The third kappa shape index (κ3) is 2.52. The van der Waals surface area contributed by atoms with Crippen LogP contribution in [0.4, 0.5) is 19.0 Å². The molecule has 8 heteroatoms. The minimum Gasteiger partial charge on any atom is -0.308 e. The summed E-state index contributed by atoms with van der Waals surface area (Å²) in [5.41, 5.74) is 0. The van der Waals surface area contributed by atoms with E-state index in [1.165, 1.54) is 12.3 Å². The zero-order chi connectivity index (χ0) is 14.5. The topological polar surface area (TPSA) is 59.0 Å². The fourth-order valence-corrected chi connectivity index (χ4v) is 3.02. The van der Waals surface area contributed by atoms with Gasteiger partial charge in [0.05, 0.1) is 6.04 Å². The predicted octanol–water partition coefficient (Wildman–Crippen LogP) is 1.24. The Bertz CT molecular complexity index is 527. The molecule has 2 N–H and O–H groups in total. The lowest BCUT2D eigenvalue weighted by Crippen LogP contribution is -2.39. The second-order valence-electron chi connectivity index (χ2n) is 5.49. The summed E-state index contributed by atoms with van der Waals surface area (Å²) < 4.78 is 37.4. The maximum absolute atomic E-state index is 12.2. The van der Waals surface area contributed by atoms with Crippen LogP contribution in [0.3, 0.4) is 0 Å². The Labute approximate surface area is 113 Å². The van der Waals surface area contributed by atoms with E-state index < -0.39 is 12.7 Å². The molecule has 1 aromatic heterocycles. The highest BCUT2D eigenvalue weighted by Crippen LogP contribution is 2.51. The first-order valence-corrected chi connectivity index (χ1v) is 6.49. The Morgan fingerprint density at radius 1 is 1.60 bits per heavy atom. The van der Waals surface area contributed by atoms with E-state index >= 15 is 0 Å². The van der Waals surface area contributed by atoms with Crippen molar-refractivity contribution in [2.45, 2.75) is 25.7 Å². The predicted molar refractivity (Wildman–Crippen MR) is 64.8 cm³/mol. The van der Waals surface area contributed by atoms with E-state index in [4.69, 9.17) is 0 Å². The van der Waals surface area contributed by atoms with Gasteiger partial charge in [0.25, 0.3) is 0 Å². The number of alkyl halides is 3. The maximum atomic E-state index is 12.2. The number of carbonyl (C=O) groups excluding carboxylic acids is 1. The van der Waals surface area contributed by atoms with Crippen molar-refractivity contribution < 1.29 is 18.0 Å². The first-order valence-electron chi connectivity index (χ1n) is 6.49. The molecule has 1 saturated carbocycles. The largest absolute Gasteiger partial charge is 0.408 e. The van der Waals surface area contributed by atoms with Crippen molar-refractivity contribution in [2.24, 2.45) is 17.8 Å². The molecule has 0 bridgehead atoms. The van der Waals surface area contributed by atoms with Crippen molar-refractivity contribution in [3.05, 3.63) is 12.3 Å². The molecule has 0 unspecified atom stereocenters. The highest BCUT2D eigenvalue weighted by atomic mass is 19.4. The summed E-state index contributed by atoms with van der Waals surface area (Å²) in [4.78, 5) is 12.0. The van der Waals surface area contributed by atoms with Gasteiger partial charge in [0.1, 0.15) is 6.54 Å². The molecule has 3 rings (SSSR count). The second-order valence-corrected chi connectivity index (χ2v) is 5.49. The first-order chi connectivity index (χ1) is 9.35. The molecule has 20 heavy (non-hydrogen) atoms. The molecule has 1 amide bonds. The Morgan fingerprint density at radius 3 is 2.95 bits per heavy atom. The van der Waals surface area contributed by atoms with Crippen molar-refractivity contribution in [1.29, 1.82) is 0 Å². The lowest BCUT2D eigenvalue weighted by Gasteiger charge is -2.13. The van der Waals surface area contributed by atoms with Gasteiger partial charge in [-0.25, -0.2) is 0 Å². The van der Waals surface area contributed by atoms with Gasteiger partial charge >= 0.3 is 6.18 Å². The molecular formula is C12H15F3N4O. The van der Waals surface area contributed by atoms with Crippen LogP contribution in [0.25, 0.3) is 0 Å². The number of anilines is 1. The average Bonchev–Trinajstić information content (AvgIpc) is 2.74. The lowest BCUT2D eigenvalue weighted by atomic mass is 10.1. The van der Waals surface area contributed by atoms with E-state index in [1.807, 2.05) is 0 Å². The Balaban J connectivity index is 1.59. The summed E-state index contributed by atoms with van der Waals surface area (Å²) >= 11 is 0. The van der Waals surface area contributed by atoms with Gasteiger partial charge in [0.15, 0.2) is 5.82 Å². The quantitative estimate of drug-likeness (QED) is 0.879. The number of hydrogen-bond donors (Lipinski definition) is 2. The minimum atomic E-state index is -4.32. The van der Waals surface area contributed by atoms with Gasteiger partial charge in [-0.2, -0.15) is 18.3 Å². The number of aromatic nitrogens is 2. The number of hydrogen-bond acceptors (Lipinski definition) is 3. The molecule has 0 aromatic carbocycles. The number of nitrogens with zero attached hydrogens (tertiary/aromatic N) is 2. The molecule has 2 aliphatic rings. The van der Waals surface area contributed by atoms with Crippen LogP contribution in [0.2, 0.25) is 0 Å². The summed E-state index contributed by atoms with van der Waals surface area (Å²) in [5.74, 6) is 1.35. The van der Waals surface area contributed by atoms with Crippen LogP contribution in [0.15, 0.2) is 12.3 Å². The molecule has 2 fully saturated rings. The van der Waals surface area contributed by atoms with E-state index in [0.29, 0.717) is 17.8 Å². The van der Waals surface area contributed by atoms with Gasteiger partial charge in [-0.05, 0) is 24.3 Å². The normalized spacial score (nSPS) is 32.0. The molecule has 1 saturated heterocycles. The van der Waals surface area contributed by atoms with Crippen LogP contribution in [-0.4, -0.2) is 34.5 Å². The molecule has 0 spiro atoms. The number of rotatable bonds is 3. The van der Waals surface area contributed by atoms with Crippen molar-refractivity contribution in [3.8, 4) is 0 Å². The number of piperidine rings is 1. The summed E-state index contributed by atoms with van der Waals surface area (Å²) in [6.45, 7) is 1.77. The van der Waals surface area contributed by atoms with Crippen molar-refractivity contribution >= 4 is 11.7 Å². The van der Waals surface area contributed by atoms with Crippen molar-refractivity contribution in [1.82, 2.24) is 15.1 Å². The van der Waals surface area contributed by atoms with Crippen LogP contribution in [0, 0.1) is 17.8 Å². The lowest BCUT2D eigenvalue weighted by molar-refractivity contribution is -0.142. The van der Waals surface area contributed by atoms with E-state index in [2.05, 4.69) is 22.7 Å². The van der Waals surface area contributed by atoms with E-state index in [0.717, 1.165) is 11.2 Å². The highest BCUT2D eigenvalue weighted by Gasteiger charge is 2.57. The van der Waals surface area contributed by atoms with Gasteiger partial charge in [-0.3, -0.25) is 9.48 Å². The van der Waals surface area contributed by atoms with Crippen LogP contribution in [-0.2, 0) is 11.3 Å². The minimum absolute atomic E-state index is 0.151.